The predicted molar refractivity (Wildman–Crippen MR) is 101 cm³/mol. The van der Waals surface area contributed by atoms with Crippen LogP contribution in [-0.4, -0.2) is 33.9 Å². The number of nitrogens with zero attached hydrogens (tertiary/aromatic N) is 2. The summed E-state index contributed by atoms with van der Waals surface area (Å²) in [5, 5.41) is 2.01. The van der Waals surface area contributed by atoms with Crippen molar-refractivity contribution in [2.24, 2.45) is 0 Å². The number of aryl methyl sites for hydroxylation is 1. The first-order valence-electron chi connectivity index (χ1n) is 8.66. The van der Waals surface area contributed by atoms with E-state index in [9.17, 15) is 4.79 Å². The van der Waals surface area contributed by atoms with Gasteiger partial charge in [-0.1, -0.05) is 30.3 Å². The Kier molecular flexibility index (Phi) is 4.40. The molecule has 0 saturated carbocycles. The van der Waals surface area contributed by atoms with Crippen LogP contribution in [0.3, 0.4) is 0 Å². The summed E-state index contributed by atoms with van der Waals surface area (Å²) in [6.07, 6.45) is 5.73. The first kappa shape index (κ1) is 16.1. The molecule has 1 saturated heterocycles. The van der Waals surface area contributed by atoms with Crippen LogP contribution in [0.4, 0.5) is 0 Å². The van der Waals surface area contributed by atoms with E-state index in [4.69, 9.17) is 0 Å². The van der Waals surface area contributed by atoms with Gasteiger partial charge in [-0.2, -0.15) is 0 Å². The van der Waals surface area contributed by atoms with Crippen molar-refractivity contribution in [3.63, 3.8) is 0 Å². The first-order valence-corrected chi connectivity index (χ1v) is 9.54. The Morgan fingerprint density at radius 2 is 2.16 bits per heavy atom. The van der Waals surface area contributed by atoms with Crippen LogP contribution in [0.2, 0.25) is 0 Å². The van der Waals surface area contributed by atoms with Gasteiger partial charge in [0, 0.05) is 47.2 Å². The topological polar surface area (TPSA) is 49.0 Å². The quantitative estimate of drug-likeness (QED) is 0.757. The molecule has 0 aliphatic carbocycles. The third kappa shape index (κ3) is 3.12. The van der Waals surface area contributed by atoms with Crippen LogP contribution in [0.25, 0.3) is 11.1 Å². The van der Waals surface area contributed by atoms with E-state index < -0.39 is 0 Å². The molecule has 0 spiro atoms. The highest BCUT2D eigenvalue weighted by Gasteiger charge is 2.29. The second-order valence-electron chi connectivity index (χ2n) is 6.51. The van der Waals surface area contributed by atoms with Gasteiger partial charge in [0.05, 0.1) is 5.56 Å². The maximum absolute atomic E-state index is 13.2. The second kappa shape index (κ2) is 6.84. The highest BCUT2D eigenvalue weighted by Crippen LogP contribution is 2.34. The molecular weight excluding hydrogens is 330 g/mol. The third-order valence-corrected chi connectivity index (χ3v) is 5.79. The van der Waals surface area contributed by atoms with Crippen molar-refractivity contribution in [3.8, 4) is 11.1 Å². The highest BCUT2D eigenvalue weighted by molar-refractivity contribution is 7.10. The number of hydrogen-bond donors (Lipinski definition) is 1. The molecule has 1 aromatic carbocycles. The maximum Gasteiger partial charge on any atom is 0.255 e. The number of likely N-dealkylation sites (tertiary alicyclic amines) is 1. The van der Waals surface area contributed by atoms with Crippen LogP contribution < -0.4 is 0 Å². The second-order valence-corrected chi connectivity index (χ2v) is 7.60. The van der Waals surface area contributed by atoms with Crippen LogP contribution in [0.1, 0.15) is 39.8 Å². The average Bonchev–Trinajstić information content (AvgIpc) is 3.32. The summed E-state index contributed by atoms with van der Waals surface area (Å²) in [5.74, 6) is 1.43. The number of carbonyl (C=O) groups is 1. The van der Waals surface area contributed by atoms with Crippen molar-refractivity contribution in [3.05, 3.63) is 64.4 Å². The number of thiophene rings is 1. The summed E-state index contributed by atoms with van der Waals surface area (Å²) in [5.41, 5.74) is 3.02. The van der Waals surface area contributed by atoms with E-state index in [2.05, 4.69) is 29.0 Å². The lowest BCUT2D eigenvalue weighted by Gasteiger charge is -2.32. The molecular formula is C20H21N3OS. The molecule has 0 bridgehead atoms. The van der Waals surface area contributed by atoms with E-state index in [1.54, 1.807) is 17.5 Å². The van der Waals surface area contributed by atoms with Crippen LogP contribution in [0, 0.1) is 6.92 Å². The van der Waals surface area contributed by atoms with Crippen LogP contribution in [-0.2, 0) is 0 Å². The lowest BCUT2D eigenvalue weighted by atomic mass is 9.95. The van der Waals surface area contributed by atoms with E-state index in [0.717, 1.165) is 48.4 Å². The normalized spacial score (nSPS) is 17.6. The Hall–Kier alpha value is -2.40. The fourth-order valence-corrected chi connectivity index (χ4v) is 4.49. The summed E-state index contributed by atoms with van der Waals surface area (Å²) >= 11 is 1.65. The van der Waals surface area contributed by atoms with Gasteiger partial charge in [0.2, 0.25) is 0 Å². The van der Waals surface area contributed by atoms with Crippen molar-refractivity contribution >= 4 is 17.2 Å². The fourth-order valence-electron chi connectivity index (χ4n) is 3.63. The molecule has 1 unspecified atom stereocenters. The number of benzene rings is 1. The summed E-state index contributed by atoms with van der Waals surface area (Å²) in [6.45, 7) is 3.64. The summed E-state index contributed by atoms with van der Waals surface area (Å²) in [7, 11) is 0. The molecule has 4 rings (SSSR count). The number of amides is 1. The molecule has 1 amide bonds. The average molecular weight is 351 g/mol. The molecule has 3 aromatic rings. The minimum Gasteiger partial charge on any atom is -0.348 e. The Morgan fingerprint density at radius 1 is 1.32 bits per heavy atom. The fraction of sp³-hybridized carbons (Fsp3) is 0.300. The molecule has 128 valence electrons. The molecule has 2 aromatic heterocycles. The van der Waals surface area contributed by atoms with E-state index in [0.29, 0.717) is 5.92 Å². The number of aromatic amines is 1. The van der Waals surface area contributed by atoms with E-state index in [1.165, 1.54) is 4.88 Å². The van der Waals surface area contributed by atoms with E-state index >= 15 is 0 Å². The molecule has 4 nitrogen and oxygen atoms in total. The molecule has 1 aliphatic heterocycles. The monoisotopic (exact) mass is 351 g/mol. The molecule has 0 radical (unpaired) electrons. The summed E-state index contributed by atoms with van der Waals surface area (Å²) < 4.78 is 0. The maximum atomic E-state index is 13.2. The van der Waals surface area contributed by atoms with Gasteiger partial charge in [0.1, 0.15) is 5.82 Å². The largest absolute Gasteiger partial charge is 0.348 e. The van der Waals surface area contributed by atoms with Crippen molar-refractivity contribution in [2.45, 2.75) is 25.7 Å². The molecule has 25 heavy (non-hydrogen) atoms. The highest BCUT2D eigenvalue weighted by atomic mass is 32.1. The number of nitrogens with one attached hydrogen (secondary N) is 1. The Bertz CT molecular complexity index is 854. The number of aromatic nitrogens is 2. The molecule has 5 heteroatoms. The van der Waals surface area contributed by atoms with Crippen molar-refractivity contribution in [1.82, 2.24) is 14.9 Å². The van der Waals surface area contributed by atoms with Crippen LogP contribution in [0.15, 0.2) is 48.1 Å². The lowest BCUT2D eigenvalue weighted by Crippen LogP contribution is -2.39. The zero-order valence-corrected chi connectivity index (χ0v) is 15.1. The van der Waals surface area contributed by atoms with E-state index in [-0.39, 0.29) is 5.91 Å². The third-order valence-electron chi connectivity index (χ3n) is 4.88. The Labute approximate surface area is 151 Å². The van der Waals surface area contributed by atoms with Crippen molar-refractivity contribution in [1.29, 1.82) is 0 Å². The van der Waals surface area contributed by atoms with Gasteiger partial charge in [-0.3, -0.25) is 4.79 Å². The zero-order valence-electron chi connectivity index (χ0n) is 14.2. The first-order chi connectivity index (χ1) is 12.2. The number of imidazole rings is 1. The standard InChI is InChI=1S/C20H21N3OS/c1-14-18(15-6-3-2-4-7-15)17(13-25-14)20(24)23-11-5-8-16(12-23)19-21-9-10-22-19/h2-4,6-7,9-10,13,16H,5,8,11-12H2,1H3,(H,21,22). The minimum absolute atomic E-state index is 0.138. The Morgan fingerprint density at radius 3 is 2.92 bits per heavy atom. The van der Waals surface area contributed by atoms with Crippen LogP contribution in [0.5, 0.6) is 0 Å². The molecule has 3 heterocycles. The van der Waals surface area contributed by atoms with Gasteiger partial charge in [-0.05, 0) is 25.3 Å². The number of rotatable bonds is 3. The molecule has 1 fully saturated rings. The number of H-pyrrole nitrogens is 1. The van der Waals surface area contributed by atoms with Gasteiger partial charge in [0.25, 0.3) is 5.91 Å². The number of carbonyl (C=O) groups excluding carboxylic acids is 1. The van der Waals surface area contributed by atoms with Crippen molar-refractivity contribution in [2.75, 3.05) is 13.1 Å². The van der Waals surface area contributed by atoms with Gasteiger partial charge in [0.15, 0.2) is 0 Å². The van der Waals surface area contributed by atoms with Gasteiger partial charge < -0.3 is 9.88 Å². The minimum atomic E-state index is 0.138. The van der Waals surface area contributed by atoms with Crippen molar-refractivity contribution < 1.29 is 4.79 Å². The van der Waals surface area contributed by atoms with E-state index in [1.807, 2.05) is 34.7 Å². The predicted octanol–water partition coefficient (Wildman–Crippen LogP) is 4.47. The van der Waals surface area contributed by atoms with Gasteiger partial charge >= 0.3 is 0 Å². The molecule has 1 aliphatic rings. The zero-order chi connectivity index (χ0) is 17.2. The SMILES string of the molecule is Cc1scc(C(=O)N2CCCC(c3ncc[nH]3)C2)c1-c1ccccc1. The summed E-state index contributed by atoms with van der Waals surface area (Å²) in [4.78, 5) is 24.0. The number of hydrogen-bond acceptors (Lipinski definition) is 3. The lowest BCUT2D eigenvalue weighted by molar-refractivity contribution is 0.0706. The molecule has 1 N–H and O–H groups in total. The molecule has 1 atom stereocenters. The van der Waals surface area contributed by atoms with Crippen LogP contribution >= 0.6 is 11.3 Å². The van der Waals surface area contributed by atoms with Gasteiger partial charge in [-0.25, -0.2) is 4.98 Å². The smallest absolute Gasteiger partial charge is 0.255 e. The Balaban J connectivity index is 1.61. The van der Waals surface area contributed by atoms with Gasteiger partial charge in [-0.15, -0.1) is 11.3 Å². The summed E-state index contributed by atoms with van der Waals surface area (Å²) in [6, 6.07) is 10.2. The number of piperidine rings is 1.